The second kappa shape index (κ2) is 6.22. The number of nitrogens with two attached hydrogens (primary N) is 1. The molecule has 0 bridgehead atoms. The lowest BCUT2D eigenvalue weighted by molar-refractivity contribution is 0.282. The summed E-state index contributed by atoms with van der Waals surface area (Å²) in [6.45, 7) is 1.40. The van der Waals surface area contributed by atoms with E-state index in [4.69, 9.17) is 10.8 Å². The van der Waals surface area contributed by atoms with Gasteiger partial charge in [-0.15, -0.1) is 0 Å². The molecule has 0 aromatic carbocycles. The van der Waals surface area contributed by atoms with Gasteiger partial charge in [-0.3, -0.25) is 0 Å². The molecule has 0 amide bonds. The zero-order chi connectivity index (χ0) is 12.1. The van der Waals surface area contributed by atoms with Gasteiger partial charge in [0.2, 0.25) is 0 Å². The van der Waals surface area contributed by atoms with Gasteiger partial charge >= 0.3 is 0 Å². The summed E-state index contributed by atoms with van der Waals surface area (Å²) in [5, 5.41) is 8.69. The van der Waals surface area contributed by atoms with Crippen LogP contribution < -0.4 is 5.73 Å². The molecule has 17 heavy (non-hydrogen) atoms. The Morgan fingerprint density at radius 1 is 1.29 bits per heavy atom. The number of hydrogen-bond donors (Lipinski definition) is 2. The first-order chi connectivity index (χ1) is 8.31. The third-order valence-corrected chi connectivity index (χ3v) is 3.61. The van der Waals surface area contributed by atoms with E-state index >= 15 is 0 Å². The Kier molecular flexibility index (Phi) is 4.63. The number of aliphatic hydroxyl groups excluding tert-OH is 1. The summed E-state index contributed by atoms with van der Waals surface area (Å²) in [5.41, 5.74) is 7.46. The molecule has 3 nitrogen and oxygen atoms in total. The molecule has 2 rings (SSSR count). The zero-order valence-corrected chi connectivity index (χ0v) is 10.5. The van der Waals surface area contributed by atoms with Crippen LogP contribution in [0, 0.1) is 5.92 Å². The molecule has 0 radical (unpaired) electrons. The van der Waals surface area contributed by atoms with E-state index in [0.29, 0.717) is 6.61 Å². The molecule has 1 aromatic heterocycles. The molecule has 1 aromatic rings. The van der Waals surface area contributed by atoms with Crippen LogP contribution in [-0.4, -0.2) is 16.3 Å². The first-order valence-electron chi connectivity index (χ1n) is 6.83. The van der Waals surface area contributed by atoms with Crippen molar-refractivity contribution in [1.82, 2.24) is 4.57 Å². The van der Waals surface area contributed by atoms with Crippen molar-refractivity contribution in [1.29, 1.82) is 0 Å². The highest BCUT2D eigenvalue weighted by atomic mass is 16.2. The van der Waals surface area contributed by atoms with Crippen molar-refractivity contribution in [2.75, 3.05) is 6.61 Å². The number of rotatable bonds is 8. The van der Waals surface area contributed by atoms with E-state index in [2.05, 4.69) is 23.0 Å². The summed E-state index contributed by atoms with van der Waals surface area (Å²) >= 11 is 0. The monoisotopic (exact) mass is 236 g/mol. The molecule has 1 aliphatic rings. The first kappa shape index (κ1) is 12.7. The van der Waals surface area contributed by atoms with E-state index in [9.17, 15) is 0 Å². The van der Waals surface area contributed by atoms with Crippen LogP contribution in [-0.2, 0) is 6.54 Å². The van der Waals surface area contributed by atoms with E-state index < -0.39 is 0 Å². The molecule has 1 atom stereocenters. The van der Waals surface area contributed by atoms with Crippen molar-refractivity contribution in [3.05, 3.63) is 24.0 Å². The number of aliphatic hydroxyl groups is 1. The normalized spacial score (nSPS) is 17.3. The van der Waals surface area contributed by atoms with Gasteiger partial charge in [-0.05, 0) is 43.2 Å². The van der Waals surface area contributed by atoms with Crippen molar-refractivity contribution < 1.29 is 5.11 Å². The molecule has 1 fully saturated rings. The predicted octanol–water partition coefficient (Wildman–Crippen LogP) is 2.45. The number of aryl methyl sites for hydroxylation is 1. The average Bonchev–Trinajstić information content (AvgIpc) is 3.08. The van der Waals surface area contributed by atoms with Gasteiger partial charge < -0.3 is 15.4 Å². The molecule has 3 N–H and O–H groups in total. The molecule has 0 saturated heterocycles. The van der Waals surface area contributed by atoms with Crippen LogP contribution in [0.25, 0.3) is 0 Å². The molecule has 1 heterocycles. The van der Waals surface area contributed by atoms with E-state index in [1.807, 2.05) is 0 Å². The van der Waals surface area contributed by atoms with E-state index in [-0.39, 0.29) is 6.04 Å². The van der Waals surface area contributed by atoms with Crippen LogP contribution in [0.15, 0.2) is 18.5 Å². The predicted molar refractivity (Wildman–Crippen MR) is 69.6 cm³/mol. The van der Waals surface area contributed by atoms with Gasteiger partial charge in [0.05, 0.1) is 0 Å². The second-order valence-corrected chi connectivity index (χ2v) is 5.18. The minimum absolute atomic E-state index is 0.255. The first-order valence-corrected chi connectivity index (χ1v) is 6.83. The Labute approximate surface area is 104 Å². The van der Waals surface area contributed by atoms with Gasteiger partial charge in [-0.1, -0.05) is 12.8 Å². The second-order valence-electron chi connectivity index (χ2n) is 5.18. The Balaban J connectivity index is 1.70. The maximum absolute atomic E-state index is 8.69. The molecular weight excluding hydrogens is 212 g/mol. The largest absolute Gasteiger partial charge is 0.396 e. The van der Waals surface area contributed by atoms with Gasteiger partial charge in [-0.25, -0.2) is 0 Å². The number of hydrogen-bond acceptors (Lipinski definition) is 2. The molecule has 0 spiro atoms. The van der Waals surface area contributed by atoms with Crippen LogP contribution in [0.2, 0.25) is 0 Å². The quantitative estimate of drug-likeness (QED) is 0.681. The number of unbranched alkanes of at least 4 members (excludes halogenated alkanes) is 3. The lowest BCUT2D eigenvalue weighted by Crippen LogP contribution is -2.11. The van der Waals surface area contributed by atoms with Gasteiger partial charge in [0.25, 0.3) is 0 Å². The standard InChI is InChI=1S/C14H24N2O/c15-14(12-5-6-12)13-7-9-16(11-13)8-3-1-2-4-10-17/h7,9,11-12,14,17H,1-6,8,10,15H2. The molecule has 1 aliphatic carbocycles. The Morgan fingerprint density at radius 2 is 2.06 bits per heavy atom. The number of aromatic nitrogens is 1. The highest BCUT2D eigenvalue weighted by Gasteiger charge is 2.29. The van der Waals surface area contributed by atoms with Crippen molar-refractivity contribution in [3.63, 3.8) is 0 Å². The van der Waals surface area contributed by atoms with Gasteiger partial charge in [-0.2, -0.15) is 0 Å². The van der Waals surface area contributed by atoms with E-state index in [1.165, 1.54) is 31.2 Å². The average molecular weight is 236 g/mol. The minimum Gasteiger partial charge on any atom is -0.396 e. The fourth-order valence-electron chi connectivity index (χ4n) is 2.28. The van der Waals surface area contributed by atoms with Gasteiger partial charge in [0, 0.05) is 31.6 Å². The SMILES string of the molecule is NC(c1ccn(CCCCCCO)c1)C1CC1. The Morgan fingerprint density at radius 3 is 2.76 bits per heavy atom. The van der Waals surface area contributed by atoms with Crippen LogP contribution in [0.4, 0.5) is 0 Å². The summed E-state index contributed by atoms with van der Waals surface area (Å²) in [6.07, 6.45) is 11.4. The van der Waals surface area contributed by atoms with Crippen LogP contribution in [0.5, 0.6) is 0 Å². The fraction of sp³-hybridized carbons (Fsp3) is 0.714. The lowest BCUT2D eigenvalue weighted by atomic mass is 10.1. The maximum atomic E-state index is 8.69. The Bertz CT molecular complexity index is 331. The van der Waals surface area contributed by atoms with Gasteiger partial charge in [0.15, 0.2) is 0 Å². The minimum atomic E-state index is 0.255. The van der Waals surface area contributed by atoms with Crippen molar-refractivity contribution in [2.45, 2.75) is 51.1 Å². The highest BCUT2D eigenvalue weighted by molar-refractivity contribution is 5.17. The van der Waals surface area contributed by atoms with Crippen molar-refractivity contribution in [3.8, 4) is 0 Å². The molecule has 96 valence electrons. The fourth-order valence-corrected chi connectivity index (χ4v) is 2.28. The third kappa shape index (κ3) is 3.86. The molecule has 1 saturated carbocycles. The maximum Gasteiger partial charge on any atom is 0.0431 e. The van der Waals surface area contributed by atoms with Crippen LogP contribution in [0.3, 0.4) is 0 Å². The van der Waals surface area contributed by atoms with Crippen LogP contribution >= 0.6 is 0 Å². The zero-order valence-electron chi connectivity index (χ0n) is 10.5. The smallest absolute Gasteiger partial charge is 0.0431 e. The topological polar surface area (TPSA) is 51.2 Å². The summed E-state index contributed by atoms with van der Waals surface area (Å²) < 4.78 is 2.25. The summed E-state index contributed by atoms with van der Waals surface area (Å²) in [4.78, 5) is 0. The van der Waals surface area contributed by atoms with Crippen molar-refractivity contribution in [2.24, 2.45) is 11.7 Å². The highest BCUT2D eigenvalue weighted by Crippen LogP contribution is 2.39. The Hall–Kier alpha value is -0.800. The number of nitrogens with zero attached hydrogens (tertiary/aromatic N) is 1. The molecule has 0 aliphatic heterocycles. The lowest BCUT2D eigenvalue weighted by Gasteiger charge is -2.07. The van der Waals surface area contributed by atoms with Crippen molar-refractivity contribution >= 4 is 0 Å². The van der Waals surface area contributed by atoms with E-state index in [0.717, 1.165) is 25.3 Å². The molecular formula is C14H24N2O. The molecule has 1 unspecified atom stereocenters. The summed E-state index contributed by atoms with van der Waals surface area (Å²) in [6, 6.07) is 2.42. The van der Waals surface area contributed by atoms with E-state index in [1.54, 1.807) is 0 Å². The summed E-state index contributed by atoms with van der Waals surface area (Å²) in [7, 11) is 0. The van der Waals surface area contributed by atoms with Crippen LogP contribution in [0.1, 0.15) is 50.1 Å². The third-order valence-electron chi connectivity index (χ3n) is 3.61. The summed E-state index contributed by atoms with van der Waals surface area (Å²) in [5.74, 6) is 0.732. The van der Waals surface area contributed by atoms with Gasteiger partial charge in [0.1, 0.15) is 0 Å². The molecule has 3 heteroatoms.